The summed E-state index contributed by atoms with van der Waals surface area (Å²) in [6, 6.07) is 23.9. The van der Waals surface area contributed by atoms with E-state index in [4.69, 9.17) is 16.3 Å². The summed E-state index contributed by atoms with van der Waals surface area (Å²) in [4.78, 5) is 30.9. The number of aromatic nitrogens is 1. The molecule has 4 aromatic rings. The van der Waals surface area contributed by atoms with Crippen LogP contribution in [0.25, 0.3) is 0 Å². The van der Waals surface area contributed by atoms with E-state index in [1.165, 1.54) is 18.2 Å². The third kappa shape index (κ3) is 5.02. The Balaban J connectivity index is 1.56. The number of aromatic carboxylic acids is 1. The maximum absolute atomic E-state index is 13.0. The van der Waals surface area contributed by atoms with Crippen molar-refractivity contribution in [2.75, 3.05) is 11.9 Å². The number of carbonyl (C=O) groups excluding carboxylic acids is 1. The number of hydrogen-bond donors (Lipinski definition) is 1. The van der Waals surface area contributed by atoms with E-state index in [-0.39, 0.29) is 28.4 Å². The van der Waals surface area contributed by atoms with E-state index in [1.54, 1.807) is 54.7 Å². The molecule has 1 heterocycles. The second kappa shape index (κ2) is 9.54. The molecule has 0 radical (unpaired) electrons. The Labute approximate surface area is 195 Å². The van der Waals surface area contributed by atoms with Crippen molar-refractivity contribution in [2.45, 2.75) is 0 Å². The fourth-order valence-electron chi connectivity index (χ4n) is 3.22. The van der Waals surface area contributed by atoms with E-state index in [1.807, 2.05) is 30.1 Å². The first kappa shape index (κ1) is 22.0. The number of nitrogens with zero attached hydrogens (tertiary/aromatic N) is 2. The van der Waals surface area contributed by atoms with Crippen LogP contribution in [0, 0.1) is 0 Å². The van der Waals surface area contributed by atoms with Gasteiger partial charge in [0.1, 0.15) is 22.8 Å². The summed E-state index contributed by atoms with van der Waals surface area (Å²) in [5.74, 6) is -0.924. The first-order valence-electron chi connectivity index (χ1n) is 10.0. The van der Waals surface area contributed by atoms with Gasteiger partial charge >= 0.3 is 5.97 Å². The van der Waals surface area contributed by atoms with Crippen LogP contribution in [0.15, 0.2) is 91.1 Å². The number of carboxylic acids is 1. The Bertz CT molecular complexity index is 1290. The molecule has 33 heavy (non-hydrogen) atoms. The average Bonchev–Trinajstić information content (AvgIpc) is 2.84. The van der Waals surface area contributed by atoms with Gasteiger partial charge in [-0.2, -0.15) is 0 Å². The second-order valence-corrected chi connectivity index (χ2v) is 7.63. The van der Waals surface area contributed by atoms with E-state index in [9.17, 15) is 14.7 Å². The highest BCUT2D eigenvalue weighted by Crippen LogP contribution is 2.28. The number of carbonyl (C=O) groups is 2. The highest BCUT2D eigenvalue weighted by molar-refractivity contribution is 6.30. The topological polar surface area (TPSA) is 79.7 Å². The zero-order chi connectivity index (χ0) is 23.4. The van der Waals surface area contributed by atoms with Crippen molar-refractivity contribution in [1.29, 1.82) is 0 Å². The van der Waals surface area contributed by atoms with E-state index >= 15 is 0 Å². The number of anilines is 2. The molecular weight excluding hydrogens is 440 g/mol. The van der Waals surface area contributed by atoms with Crippen molar-refractivity contribution in [3.63, 3.8) is 0 Å². The fourth-order valence-corrected chi connectivity index (χ4v) is 3.35. The summed E-state index contributed by atoms with van der Waals surface area (Å²) in [5, 5.41) is 10.3. The third-order valence-electron chi connectivity index (χ3n) is 5.02. The van der Waals surface area contributed by atoms with Crippen LogP contribution in [0.2, 0.25) is 5.02 Å². The molecule has 0 aliphatic heterocycles. The molecular formula is C26H19ClN2O4. The van der Waals surface area contributed by atoms with Gasteiger partial charge in [0.15, 0.2) is 0 Å². The first-order valence-corrected chi connectivity index (χ1v) is 10.4. The second-order valence-electron chi connectivity index (χ2n) is 7.20. The van der Waals surface area contributed by atoms with Crippen molar-refractivity contribution in [2.24, 2.45) is 0 Å². The molecule has 3 aromatic carbocycles. The van der Waals surface area contributed by atoms with E-state index in [0.29, 0.717) is 10.8 Å². The Morgan fingerprint density at radius 1 is 0.909 bits per heavy atom. The van der Waals surface area contributed by atoms with Crippen LogP contribution in [-0.2, 0) is 0 Å². The number of ketones is 1. The number of carboxylic acid groups (broad SMARTS) is 1. The molecule has 4 rings (SSSR count). The summed E-state index contributed by atoms with van der Waals surface area (Å²) in [7, 11) is 1.88. The molecule has 0 fully saturated rings. The number of benzene rings is 3. The lowest BCUT2D eigenvalue weighted by atomic mass is 10.0. The van der Waals surface area contributed by atoms with Crippen molar-refractivity contribution in [3.8, 4) is 11.5 Å². The Morgan fingerprint density at radius 3 is 2.24 bits per heavy atom. The van der Waals surface area contributed by atoms with Crippen LogP contribution in [0.4, 0.5) is 11.4 Å². The lowest BCUT2D eigenvalue weighted by Crippen LogP contribution is -2.11. The first-order chi connectivity index (χ1) is 15.9. The molecule has 164 valence electrons. The highest BCUT2D eigenvalue weighted by atomic mass is 35.5. The van der Waals surface area contributed by atoms with Crippen LogP contribution >= 0.6 is 11.6 Å². The number of halogens is 1. The van der Waals surface area contributed by atoms with Crippen molar-refractivity contribution in [1.82, 2.24) is 4.98 Å². The third-order valence-corrected chi connectivity index (χ3v) is 5.28. The van der Waals surface area contributed by atoms with Gasteiger partial charge in [-0.15, -0.1) is 0 Å². The lowest BCUT2D eigenvalue weighted by molar-refractivity contribution is 0.0694. The lowest BCUT2D eigenvalue weighted by Gasteiger charge is -2.19. The largest absolute Gasteiger partial charge is 0.478 e. The fraction of sp³-hybridized carbons (Fsp3) is 0.0385. The van der Waals surface area contributed by atoms with Crippen LogP contribution < -0.4 is 9.64 Å². The zero-order valence-corrected chi connectivity index (χ0v) is 18.4. The van der Waals surface area contributed by atoms with Crippen LogP contribution in [0.1, 0.15) is 26.4 Å². The van der Waals surface area contributed by atoms with E-state index in [0.717, 1.165) is 11.4 Å². The molecule has 0 spiro atoms. The molecule has 0 atom stereocenters. The van der Waals surface area contributed by atoms with Gasteiger partial charge in [-0.05, 0) is 66.7 Å². The average molecular weight is 459 g/mol. The molecule has 6 nitrogen and oxygen atoms in total. The van der Waals surface area contributed by atoms with Gasteiger partial charge < -0.3 is 14.7 Å². The zero-order valence-electron chi connectivity index (χ0n) is 17.6. The Hall–Kier alpha value is -4.16. The molecule has 0 saturated carbocycles. The Kier molecular flexibility index (Phi) is 6.38. The van der Waals surface area contributed by atoms with Crippen LogP contribution in [-0.4, -0.2) is 28.9 Å². The van der Waals surface area contributed by atoms with Crippen LogP contribution in [0.3, 0.4) is 0 Å². The van der Waals surface area contributed by atoms with E-state index in [2.05, 4.69) is 4.98 Å². The van der Waals surface area contributed by atoms with Crippen molar-refractivity contribution >= 4 is 34.7 Å². The van der Waals surface area contributed by atoms with Gasteiger partial charge in [0.25, 0.3) is 0 Å². The van der Waals surface area contributed by atoms with Gasteiger partial charge in [-0.3, -0.25) is 9.78 Å². The number of ether oxygens (including phenoxy) is 1. The standard InChI is InChI=1S/C26H19ClN2O4/c1-29(19-10-8-18(27)9-11-19)20-12-13-23(28-16-20)25(30)17-7-14-24(22(15-17)26(31)32)33-21-5-3-2-4-6-21/h2-16H,1H3,(H,31,32). The minimum Gasteiger partial charge on any atom is -0.478 e. The van der Waals surface area contributed by atoms with Gasteiger partial charge in [0.05, 0.1) is 11.9 Å². The summed E-state index contributed by atoms with van der Waals surface area (Å²) >= 11 is 5.94. The summed E-state index contributed by atoms with van der Waals surface area (Å²) < 4.78 is 5.68. The maximum atomic E-state index is 13.0. The number of para-hydroxylation sites is 1. The molecule has 0 saturated heterocycles. The minimum absolute atomic E-state index is 0.108. The predicted octanol–water partition coefficient (Wildman–Crippen LogP) is 6.22. The van der Waals surface area contributed by atoms with Crippen LogP contribution in [0.5, 0.6) is 11.5 Å². The quantitative estimate of drug-likeness (QED) is 0.331. The molecule has 1 aromatic heterocycles. The maximum Gasteiger partial charge on any atom is 0.339 e. The van der Waals surface area contributed by atoms with Crippen molar-refractivity contribution in [3.05, 3.63) is 113 Å². The molecule has 0 aliphatic carbocycles. The normalized spacial score (nSPS) is 10.5. The van der Waals surface area contributed by atoms with Gasteiger partial charge in [-0.1, -0.05) is 29.8 Å². The van der Waals surface area contributed by atoms with Crippen molar-refractivity contribution < 1.29 is 19.4 Å². The SMILES string of the molecule is CN(c1ccc(Cl)cc1)c1ccc(C(=O)c2ccc(Oc3ccccc3)c(C(=O)O)c2)nc1. The number of pyridine rings is 1. The van der Waals surface area contributed by atoms with E-state index < -0.39 is 5.97 Å². The molecule has 0 unspecified atom stereocenters. The van der Waals surface area contributed by atoms with Gasteiger partial charge in [0.2, 0.25) is 5.78 Å². The number of hydrogen-bond acceptors (Lipinski definition) is 5. The minimum atomic E-state index is -1.19. The molecule has 0 aliphatic rings. The Morgan fingerprint density at radius 2 is 1.61 bits per heavy atom. The highest BCUT2D eigenvalue weighted by Gasteiger charge is 2.18. The summed E-state index contributed by atoms with van der Waals surface area (Å²) in [6.07, 6.45) is 1.59. The molecule has 7 heteroatoms. The predicted molar refractivity (Wildman–Crippen MR) is 127 cm³/mol. The number of rotatable bonds is 7. The van der Waals surface area contributed by atoms with Gasteiger partial charge in [-0.25, -0.2) is 4.79 Å². The summed E-state index contributed by atoms with van der Waals surface area (Å²) in [5.41, 5.74) is 2.01. The molecule has 1 N–H and O–H groups in total. The van der Waals surface area contributed by atoms with Gasteiger partial charge in [0, 0.05) is 23.3 Å². The molecule has 0 bridgehead atoms. The molecule has 0 amide bonds. The monoisotopic (exact) mass is 458 g/mol. The smallest absolute Gasteiger partial charge is 0.339 e. The summed E-state index contributed by atoms with van der Waals surface area (Å²) in [6.45, 7) is 0.